The SMILES string of the molecule is COc1ccc(-c2cccc(N(C)c3nc4nncn4c4cc(N)ccc34)c2)cc1. The van der Waals surface area contributed by atoms with Gasteiger partial charge in [0.2, 0.25) is 0 Å². The Balaban J connectivity index is 1.62. The molecule has 0 unspecified atom stereocenters. The Morgan fingerprint density at radius 1 is 0.967 bits per heavy atom. The normalized spacial score (nSPS) is 11.1. The zero-order chi connectivity index (χ0) is 20.7. The van der Waals surface area contributed by atoms with Crippen LogP contribution in [0, 0.1) is 0 Å². The molecule has 0 spiro atoms. The van der Waals surface area contributed by atoms with Gasteiger partial charge in [-0.15, -0.1) is 10.2 Å². The van der Waals surface area contributed by atoms with Gasteiger partial charge in [-0.2, -0.15) is 4.98 Å². The van der Waals surface area contributed by atoms with Crippen molar-refractivity contribution in [1.29, 1.82) is 0 Å². The highest BCUT2D eigenvalue weighted by atomic mass is 16.5. The second-order valence-electron chi connectivity index (χ2n) is 7.05. The summed E-state index contributed by atoms with van der Waals surface area (Å²) in [6.45, 7) is 0. The van der Waals surface area contributed by atoms with E-state index in [4.69, 9.17) is 15.5 Å². The van der Waals surface area contributed by atoms with Gasteiger partial charge in [-0.3, -0.25) is 4.40 Å². The molecule has 0 radical (unpaired) electrons. The minimum absolute atomic E-state index is 0.529. The average Bonchev–Trinajstić information content (AvgIpc) is 3.27. The van der Waals surface area contributed by atoms with E-state index in [1.165, 1.54) is 0 Å². The number of nitrogens with zero attached hydrogens (tertiary/aromatic N) is 5. The maximum atomic E-state index is 6.03. The van der Waals surface area contributed by atoms with Gasteiger partial charge in [0.25, 0.3) is 5.78 Å². The molecule has 0 saturated carbocycles. The second-order valence-corrected chi connectivity index (χ2v) is 7.05. The summed E-state index contributed by atoms with van der Waals surface area (Å²) in [4.78, 5) is 6.81. The van der Waals surface area contributed by atoms with E-state index in [0.29, 0.717) is 11.5 Å². The fourth-order valence-corrected chi connectivity index (χ4v) is 3.62. The van der Waals surface area contributed by atoms with E-state index in [9.17, 15) is 0 Å². The average molecular weight is 396 g/mol. The fourth-order valence-electron chi connectivity index (χ4n) is 3.62. The lowest BCUT2D eigenvalue weighted by atomic mass is 10.0. The van der Waals surface area contributed by atoms with Crippen LogP contribution in [0.3, 0.4) is 0 Å². The highest BCUT2D eigenvalue weighted by molar-refractivity contribution is 5.95. The van der Waals surface area contributed by atoms with E-state index in [1.807, 2.05) is 47.8 Å². The number of ether oxygens (including phenoxy) is 1. The predicted molar refractivity (Wildman–Crippen MR) is 119 cm³/mol. The minimum Gasteiger partial charge on any atom is -0.497 e. The van der Waals surface area contributed by atoms with Gasteiger partial charge < -0.3 is 15.4 Å². The lowest BCUT2D eigenvalue weighted by molar-refractivity contribution is 0.415. The molecule has 0 atom stereocenters. The van der Waals surface area contributed by atoms with Crippen LogP contribution in [-0.4, -0.2) is 33.7 Å². The summed E-state index contributed by atoms with van der Waals surface area (Å²) < 4.78 is 7.11. The molecule has 30 heavy (non-hydrogen) atoms. The Labute approximate surface area is 173 Å². The second kappa shape index (κ2) is 7.04. The molecule has 5 rings (SSSR count). The molecule has 0 fully saturated rings. The van der Waals surface area contributed by atoms with Crippen molar-refractivity contribution in [2.45, 2.75) is 0 Å². The van der Waals surface area contributed by atoms with Crippen molar-refractivity contribution in [2.24, 2.45) is 0 Å². The van der Waals surface area contributed by atoms with Gasteiger partial charge in [-0.1, -0.05) is 24.3 Å². The molecule has 0 bridgehead atoms. The van der Waals surface area contributed by atoms with Crippen LogP contribution in [0.5, 0.6) is 5.75 Å². The van der Waals surface area contributed by atoms with E-state index < -0.39 is 0 Å². The number of benzene rings is 3. The largest absolute Gasteiger partial charge is 0.497 e. The Kier molecular flexibility index (Phi) is 4.21. The molecule has 2 N–H and O–H groups in total. The van der Waals surface area contributed by atoms with Gasteiger partial charge in [0, 0.05) is 23.8 Å². The summed E-state index contributed by atoms with van der Waals surface area (Å²) in [5.74, 6) is 2.15. The van der Waals surface area contributed by atoms with Gasteiger partial charge in [0.05, 0.1) is 12.6 Å². The van der Waals surface area contributed by atoms with Crippen LogP contribution in [0.15, 0.2) is 73.1 Å². The summed E-state index contributed by atoms with van der Waals surface area (Å²) in [6.07, 6.45) is 1.65. The summed E-state index contributed by atoms with van der Waals surface area (Å²) in [7, 11) is 3.67. The molecule has 148 valence electrons. The van der Waals surface area contributed by atoms with Crippen molar-refractivity contribution in [2.75, 3.05) is 24.8 Å². The van der Waals surface area contributed by atoms with Crippen molar-refractivity contribution in [3.8, 4) is 16.9 Å². The van der Waals surface area contributed by atoms with Crippen LogP contribution in [-0.2, 0) is 0 Å². The molecule has 0 saturated heterocycles. The molecule has 5 aromatic rings. The summed E-state index contributed by atoms with van der Waals surface area (Å²) in [6, 6.07) is 22.1. The van der Waals surface area contributed by atoms with Crippen molar-refractivity contribution < 1.29 is 4.74 Å². The van der Waals surface area contributed by atoms with E-state index in [0.717, 1.165) is 39.3 Å². The van der Waals surface area contributed by atoms with E-state index >= 15 is 0 Å². The number of nitrogens with two attached hydrogens (primary N) is 1. The van der Waals surface area contributed by atoms with Crippen LogP contribution >= 0.6 is 0 Å². The van der Waals surface area contributed by atoms with Crippen molar-refractivity contribution in [1.82, 2.24) is 19.6 Å². The lowest BCUT2D eigenvalue weighted by Gasteiger charge is -2.21. The first-order chi connectivity index (χ1) is 14.6. The smallest absolute Gasteiger partial charge is 0.257 e. The quantitative estimate of drug-likeness (QED) is 0.456. The highest BCUT2D eigenvalue weighted by Crippen LogP contribution is 2.33. The molecule has 0 amide bonds. The van der Waals surface area contributed by atoms with Crippen molar-refractivity contribution >= 4 is 33.9 Å². The topological polar surface area (TPSA) is 81.6 Å². The first-order valence-electron chi connectivity index (χ1n) is 9.51. The van der Waals surface area contributed by atoms with Gasteiger partial charge in [0.15, 0.2) is 0 Å². The number of hydrogen-bond donors (Lipinski definition) is 1. The monoisotopic (exact) mass is 396 g/mol. The standard InChI is InChI=1S/C23H20N6O/c1-28(18-5-3-4-16(12-18)15-6-9-19(30-2)10-7-15)22-20-11-8-17(24)13-21(20)29-14-25-27-23(29)26-22/h3-14H,24H2,1-2H3. The van der Waals surface area contributed by atoms with Crippen LogP contribution in [0.25, 0.3) is 27.8 Å². The fraction of sp³-hybridized carbons (Fsp3) is 0.0870. The van der Waals surface area contributed by atoms with Crippen molar-refractivity contribution in [3.05, 3.63) is 73.1 Å². The highest BCUT2D eigenvalue weighted by Gasteiger charge is 2.15. The number of nitrogen functional groups attached to an aromatic ring is 1. The molecular weight excluding hydrogens is 376 g/mol. The van der Waals surface area contributed by atoms with Crippen LogP contribution in [0.2, 0.25) is 0 Å². The molecule has 2 aromatic heterocycles. The van der Waals surface area contributed by atoms with Gasteiger partial charge in [-0.05, 0) is 53.6 Å². The number of methoxy groups -OCH3 is 1. The summed E-state index contributed by atoms with van der Waals surface area (Å²) >= 11 is 0. The van der Waals surface area contributed by atoms with Crippen LogP contribution < -0.4 is 15.4 Å². The third-order valence-corrected chi connectivity index (χ3v) is 5.23. The Hall–Kier alpha value is -4.13. The number of hydrogen-bond acceptors (Lipinski definition) is 6. The third-order valence-electron chi connectivity index (χ3n) is 5.23. The third kappa shape index (κ3) is 2.97. The first kappa shape index (κ1) is 17.9. The predicted octanol–water partition coefficient (Wildman–Crippen LogP) is 4.30. The molecule has 7 nitrogen and oxygen atoms in total. The zero-order valence-electron chi connectivity index (χ0n) is 16.6. The molecule has 0 aliphatic rings. The molecule has 2 heterocycles. The molecule has 3 aromatic carbocycles. The van der Waals surface area contributed by atoms with E-state index in [1.54, 1.807) is 13.4 Å². The van der Waals surface area contributed by atoms with Crippen LogP contribution in [0.1, 0.15) is 0 Å². The Morgan fingerprint density at radius 3 is 2.60 bits per heavy atom. The van der Waals surface area contributed by atoms with Gasteiger partial charge in [-0.25, -0.2) is 0 Å². The number of rotatable bonds is 4. The zero-order valence-corrected chi connectivity index (χ0v) is 16.6. The maximum Gasteiger partial charge on any atom is 0.257 e. The first-order valence-corrected chi connectivity index (χ1v) is 9.51. The molecule has 7 heteroatoms. The van der Waals surface area contributed by atoms with E-state index in [-0.39, 0.29) is 0 Å². The Bertz CT molecular complexity index is 1360. The summed E-state index contributed by atoms with van der Waals surface area (Å²) in [5, 5.41) is 9.11. The van der Waals surface area contributed by atoms with Gasteiger partial charge >= 0.3 is 0 Å². The maximum absolute atomic E-state index is 6.03. The molecule has 0 aliphatic carbocycles. The lowest BCUT2D eigenvalue weighted by Crippen LogP contribution is -2.13. The van der Waals surface area contributed by atoms with Crippen LogP contribution in [0.4, 0.5) is 17.2 Å². The summed E-state index contributed by atoms with van der Waals surface area (Å²) in [5.41, 5.74) is 10.9. The van der Waals surface area contributed by atoms with E-state index in [2.05, 4.69) is 45.4 Å². The Morgan fingerprint density at radius 2 is 1.80 bits per heavy atom. The number of fused-ring (bicyclic) bond motifs is 3. The molecule has 0 aliphatic heterocycles. The van der Waals surface area contributed by atoms with Crippen molar-refractivity contribution in [3.63, 3.8) is 0 Å². The number of anilines is 3. The number of aromatic nitrogens is 4. The van der Waals surface area contributed by atoms with Gasteiger partial charge in [0.1, 0.15) is 17.9 Å². The molecular formula is C23H20N6O. The minimum atomic E-state index is 0.529.